The number of benzene rings is 3. The summed E-state index contributed by atoms with van der Waals surface area (Å²) >= 11 is 0. The summed E-state index contributed by atoms with van der Waals surface area (Å²) in [7, 11) is 0. The normalized spacial score (nSPS) is 11.5. The fraction of sp³-hybridized carbons (Fsp3) is 0.268. The summed E-state index contributed by atoms with van der Waals surface area (Å²) in [5.74, 6) is -1.92. The van der Waals surface area contributed by atoms with Crippen LogP contribution in [0.1, 0.15) is 69.6 Å². The Hall–Kier alpha value is -6.34. The van der Waals surface area contributed by atoms with Gasteiger partial charge in [-0.1, -0.05) is 36.4 Å². The first-order chi connectivity index (χ1) is 26.2. The SMILES string of the molecule is O=C(NCCCC(CO)(CCCNC(=O)c1ccc2cccnc2c1O)CCCNC(=O)c1ccc2cccnc2c1O)c1ccc2cccnc2c1O. The highest BCUT2D eigenvalue weighted by Crippen LogP contribution is 2.35. The van der Waals surface area contributed by atoms with Gasteiger partial charge in [-0.15, -0.1) is 0 Å². The molecular formula is C41H42N6O7. The number of aromatic hydroxyl groups is 3. The van der Waals surface area contributed by atoms with E-state index in [9.17, 15) is 34.8 Å². The zero-order valence-corrected chi connectivity index (χ0v) is 29.6. The quantitative estimate of drug-likeness (QED) is 0.0635. The first-order valence-electron chi connectivity index (χ1n) is 17.9. The van der Waals surface area contributed by atoms with Crippen molar-refractivity contribution in [2.45, 2.75) is 38.5 Å². The molecule has 0 saturated heterocycles. The average Bonchev–Trinajstić information content (AvgIpc) is 3.20. The van der Waals surface area contributed by atoms with Gasteiger partial charge in [-0.25, -0.2) is 0 Å². The molecule has 0 spiro atoms. The molecule has 13 nitrogen and oxygen atoms in total. The molecule has 3 heterocycles. The second-order valence-electron chi connectivity index (χ2n) is 13.3. The van der Waals surface area contributed by atoms with Crippen molar-refractivity contribution in [2.75, 3.05) is 26.2 Å². The van der Waals surface area contributed by atoms with Crippen molar-refractivity contribution in [3.8, 4) is 17.2 Å². The van der Waals surface area contributed by atoms with Gasteiger partial charge in [0.15, 0.2) is 17.2 Å². The summed E-state index contributed by atoms with van der Waals surface area (Å²) in [6.07, 6.45) is 7.72. The van der Waals surface area contributed by atoms with Crippen molar-refractivity contribution in [1.82, 2.24) is 30.9 Å². The minimum Gasteiger partial charge on any atom is -0.505 e. The Bertz CT molecular complexity index is 2060. The van der Waals surface area contributed by atoms with Crippen LogP contribution >= 0.6 is 0 Å². The van der Waals surface area contributed by atoms with Crippen LogP contribution in [-0.2, 0) is 0 Å². The van der Waals surface area contributed by atoms with Gasteiger partial charge in [-0.2, -0.15) is 0 Å². The molecule has 0 aliphatic heterocycles. The fourth-order valence-electron chi connectivity index (χ4n) is 6.83. The van der Waals surface area contributed by atoms with Gasteiger partial charge in [0.25, 0.3) is 17.7 Å². The molecule has 54 heavy (non-hydrogen) atoms. The van der Waals surface area contributed by atoms with Crippen molar-refractivity contribution in [3.05, 3.63) is 108 Å². The number of amides is 3. The van der Waals surface area contributed by atoms with E-state index in [2.05, 4.69) is 30.9 Å². The van der Waals surface area contributed by atoms with Crippen molar-refractivity contribution in [1.29, 1.82) is 0 Å². The Balaban J connectivity index is 1.07. The molecule has 0 aliphatic carbocycles. The predicted molar refractivity (Wildman–Crippen MR) is 204 cm³/mol. The summed E-state index contributed by atoms with van der Waals surface area (Å²) in [6.45, 7) is 0.656. The van der Waals surface area contributed by atoms with E-state index < -0.39 is 23.1 Å². The van der Waals surface area contributed by atoms with E-state index in [0.29, 0.717) is 71.2 Å². The van der Waals surface area contributed by atoms with Crippen LogP contribution in [0, 0.1) is 5.41 Å². The average molecular weight is 731 g/mol. The molecule has 0 fully saturated rings. The summed E-state index contributed by atoms with van der Waals surface area (Å²) in [4.78, 5) is 51.6. The molecule has 6 rings (SSSR count). The van der Waals surface area contributed by atoms with E-state index in [-0.39, 0.29) is 60.2 Å². The third kappa shape index (κ3) is 8.31. The maximum Gasteiger partial charge on any atom is 0.255 e. The lowest BCUT2D eigenvalue weighted by molar-refractivity contribution is 0.0835. The number of phenolic OH excluding ortho intramolecular Hbond substituents is 3. The van der Waals surface area contributed by atoms with Crippen molar-refractivity contribution < 1.29 is 34.8 Å². The maximum absolute atomic E-state index is 13.0. The molecule has 3 aromatic heterocycles. The minimum absolute atomic E-state index is 0.113. The molecule has 0 atom stereocenters. The molecule has 0 saturated carbocycles. The number of aliphatic hydroxyl groups is 1. The number of rotatable bonds is 16. The van der Waals surface area contributed by atoms with Crippen LogP contribution in [0.25, 0.3) is 32.7 Å². The van der Waals surface area contributed by atoms with Gasteiger partial charge < -0.3 is 36.4 Å². The van der Waals surface area contributed by atoms with E-state index in [4.69, 9.17) is 0 Å². The van der Waals surface area contributed by atoms with Crippen molar-refractivity contribution in [2.24, 2.45) is 5.41 Å². The summed E-state index contributed by atoms with van der Waals surface area (Å²) < 4.78 is 0. The second-order valence-corrected chi connectivity index (χ2v) is 13.3. The molecule has 3 amide bonds. The third-order valence-electron chi connectivity index (χ3n) is 9.82. The van der Waals surface area contributed by atoms with Gasteiger partial charge in [-0.3, -0.25) is 29.3 Å². The third-order valence-corrected chi connectivity index (χ3v) is 9.82. The number of hydrogen-bond acceptors (Lipinski definition) is 10. The van der Waals surface area contributed by atoms with Gasteiger partial charge in [0.2, 0.25) is 0 Å². The van der Waals surface area contributed by atoms with Crippen LogP contribution in [-0.4, -0.2) is 79.3 Å². The molecule has 7 N–H and O–H groups in total. The lowest BCUT2D eigenvalue weighted by Gasteiger charge is -2.32. The first kappa shape index (κ1) is 37.4. The van der Waals surface area contributed by atoms with Crippen LogP contribution < -0.4 is 16.0 Å². The standard InChI is InChI=1S/C41H42N6O7/c48-25-41(16-4-22-45-38(52)29-13-10-26-7-1-19-42-32(26)35(29)49,17-5-23-46-39(53)30-14-11-27-8-2-20-43-33(27)36(30)50)18-6-24-47-40(54)31-15-12-28-9-3-21-44-34(28)37(31)51/h1-3,7-15,19-21,48-51H,4-6,16-18,22-25H2,(H,45,52)(H,46,53)(H,47,54). The number of aliphatic hydroxyl groups excluding tert-OH is 1. The highest BCUT2D eigenvalue weighted by molar-refractivity contribution is 6.04. The second kappa shape index (κ2) is 17.0. The van der Waals surface area contributed by atoms with Gasteiger partial charge in [0, 0.05) is 61.0 Å². The summed E-state index contributed by atoms with van der Waals surface area (Å²) in [6, 6.07) is 20.5. The highest BCUT2D eigenvalue weighted by Gasteiger charge is 2.29. The van der Waals surface area contributed by atoms with E-state index in [1.807, 2.05) is 0 Å². The Labute approximate surface area is 311 Å². The molecule has 0 unspecified atom stereocenters. The number of nitrogens with zero attached hydrogens (tertiary/aromatic N) is 3. The summed E-state index contributed by atoms with van der Waals surface area (Å²) in [5.41, 5.74) is 0.739. The monoisotopic (exact) mass is 730 g/mol. The molecule has 6 aromatic rings. The van der Waals surface area contributed by atoms with E-state index >= 15 is 0 Å². The van der Waals surface area contributed by atoms with E-state index in [1.165, 1.54) is 0 Å². The van der Waals surface area contributed by atoms with Crippen LogP contribution in [0.5, 0.6) is 17.2 Å². The van der Waals surface area contributed by atoms with Crippen LogP contribution in [0.15, 0.2) is 91.4 Å². The number of pyridine rings is 3. The zero-order valence-electron chi connectivity index (χ0n) is 29.6. The molecule has 0 radical (unpaired) electrons. The maximum atomic E-state index is 13.0. The van der Waals surface area contributed by atoms with Gasteiger partial charge >= 0.3 is 0 Å². The molecule has 0 aliphatic rings. The Morgan fingerprint density at radius 3 is 1.11 bits per heavy atom. The van der Waals surface area contributed by atoms with Gasteiger partial charge in [0.1, 0.15) is 16.6 Å². The topological polar surface area (TPSA) is 207 Å². The number of aromatic nitrogens is 3. The van der Waals surface area contributed by atoms with E-state index in [0.717, 1.165) is 0 Å². The van der Waals surface area contributed by atoms with Gasteiger partial charge in [-0.05, 0) is 80.3 Å². The fourth-order valence-corrected chi connectivity index (χ4v) is 6.83. The van der Waals surface area contributed by atoms with Crippen LogP contribution in [0.2, 0.25) is 0 Å². The summed E-state index contributed by atoms with van der Waals surface area (Å²) in [5, 5.41) is 53.5. The molecule has 0 bridgehead atoms. The minimum atomic E-state index is -0.612. The largest absolute Gasteiger partial charge is 0.505 e. The lowest BCUT2D eigenvalue weighted by atomic mass is 9.76. The van der Waals surface area contributed by atoms with Crippen LogP contribution in [0.4, 0.5) is 0 Å². The van der Waals surface area contributed by atoms with Crippen molar-refractivity contribution >= 4 is 50.4 Å². The molecular weight excluding hydrogens is 688 g/mol. The lowest BCUT2D eigenvalue weighted by Crippen LogP contribution is -2.32. The van der Waals surface area contributed by atoms with Gasteiger partial charge in [0.05, 0.1) is 16.7 Å². The smallest absolute Gasteiger partial charge is 0.255 e. The number of fused-ring (bicyclic) bond motifs is 3. The highest BCUT2D eigenvalue weighted by atomic mass is 16.3. The number of hydrogen-bond donors (Lipinski definition) is 7. The molecule has 13 heteroatoms. The number of carbonyl (C=O) groups is 3. The Kier molecular flexibility index (Phi) is 11.8. The Morgan fingerprint density at radius 1 is 0.500 bits per heavy atom. The number of nitrogens with one attached hydrogen (secondary N) is 3. The first-order valence-corrected chi connectivity index (χ1v) is 17.9. The van der Waals surface area contributed by atoms with Crippen molar-refractivity contribution in [3.63, 3.8) is 0 Å². The number of carbonyl (C=O) groups excluding carboxylic acids is 3. The van der Waals surface area contributed by atoms with Crippen LogP contribution in [0.3, 0.4) is 0 Å². The molecule has 278 valence electrons. The van der Waals surface area contributed by atoms with E-state index in [1.54, 1.807) is 91.4 Å². The predicted octanol–water partition coefficient (Wildman–Crippen LogP) is 5.36. The molecule has 3 aromatic carbocycles. The zero-order chi connectivity index (χ0) is 38.1. The number of phenols is 3. The Morgan fingerprint density at radius 2 is 0.815 bits per heavy atom.